The Labute approximate surface area is 174 Å². The van der Waals surface area contributed by atoms with Gasteiger partial charge in [-0.3, -0.25) is 14.3 Å². The minimum Gasteiger partial charge on any atom is -0.366 e. The lowest BCUT2D eigenvalue weighted by Gasteiger charge is -2.06. The second-order valence-corrected chi connectivity index (χ2v) is 6.84. The Kier molecular flexibility index (Phi) is 5.39. The minimum atomic E-state index is -0.513. The predicted octanol–water partition coefficient (Wildman–Crippen LogP) is 3.95. The van der Waals surface area contributed by atoms with Crippen LogP contribution in [0.4, 0.5) is 5.69 Å². The van der Waals surface area contributed by atoms with E-state index >= 15 is 0 Å². The molecule has 3 N–H and O–H groups in total. The molecule has 6 heteroatoms. The van der Waals surface area contributed by atoms with Crippen molar-refractivity contribution < 1.29 is 9.59 Å². The molecule has 3 aromatic carbocycles. The van der Waals surface area contributed by atoms with Crippen LogP contribution in [0.15, 0.2) is 91.1 Å². The van der Waals surface area contributed by atoms with Crippen LogP contribution in [0.3, 0.4) is 0 Å². The van der Waals surface area contributed by atoms with E-state index in [9.17, 15) is 9.59 Å². The monoisotopic (exact) mass is 396 g/mol. The van der Waals surface area contributed by atoms with Crippen molar-refractivity contribution in [3.05, 3.63) is 108 Å². The zero-order valence-electron chi connectivity index (χ0n) is 16.2. The van der Waals surface area contributed by atoms with Gasteiger partial charge < -0.3 is 11.1 Å². The molecule has 1 heterocycles. The zero-order chi connectivity index (χ0) is 20.9. The van der Waals surface area contributed by atoms with E-state index in [1.807, 2.05) is 60.7 Å². The van der Waals surface area contributed by atoms with Crippen LogP contribution in [0.1, 0.15) is 26.3 Å². The molecule has 0 spiro atoms. The van der Waals surface area contributed by atoms with Crippen molar-refractivity contribution in [1.29, 1.82) is 0 Å². The van der Waals surface area contributed by atoms with Crippen LogP contribution in [0, 0.1) is 0 Å². The number of hydrogen-bond donors (Lipinski definition) is 2. The van der Waals surface area contributed by atoms with E-state index in [-0.39, 0.29) is 5.91 Å². The summed E-state index contributed by atoms with van der Waals surface area (Å²) in [5.41, 5.74) is 9.25. The highest BCUT2D eigenvalue weighted by Crippen LogP contribution is 2.23. The largest absolute Gasteiger partial charge is 0.366 e. The number of nitrogens with one attached hydrogen (secondary N) is 1. The Bertz CT molecular complexity index is 1170. The summed E-state index contributed by atoms with van der Waals surface area (Å²) in [4.78, 5) is 24.3. The number of carbonyl (C=O) groups excluding carboxylic acids is 2. The number of anilines is 1. The van der Waals surface area contributed by atoms with E-state index in [1.165, 1.54) is 0 Å². The number of nitrogens with zero attached hydrogens (tertiary/aromatic N) is 2. The quantitative estimate of drug-likeness (QED) is 0.517. The molecule has 0 aliphatic heterocycles. The van der Waals surface area contributed by atoms with Crippen LogP contribution in [0.5, 0.6) is 0 Å². The molecule has 148 valence electrons. The molecule has 1 aromatic heterocycles. The number of amides is 2. The molecule has 0 saturated heterocycles. The summed E-state index contributed by atoms with van der Waals surface area (Å²) in [6, 6.07) is 26.0. The fraction of sp³-hybridized carbons (Fsp3) is 0.0417. The van der Waals surface area contributed by atoms with E-state index < -0.39 is 5.91 Å². The Hall–Kier alpha value is -4.19. The van der Waals surface area contributed by atoms with Gasteiger partial charge in [-0.2, -0.15) is 5.10 Å². The maximum Gasteiger partial charge on any atom is 0.259 e. The van der Waals surface area contributed by atoms with Crippen LogP contribution in [-0.2, 0) is 6.54 Å². The number of rotatable bonds is 6. The normalized spacial score (nSPS) is 10.5. The first-order valence-electron chi connectivity index (χ1n) is 9.48. The Balaban J connectivity index is 1.64. The first kappa shape index (κ1) is 19.1. The number of aromatic nitrogens is 2. The molecule has 30 heavy (non-hydrogen) atoms. The van der Waals surface area contributed by atoms with Crippen LogP contribution in [0.25, 0.3) is 11.3 Å². The van der Waals surface area contributed by atoms with Crippen molar-refractivity contribution >= 4 is 17.5 Å². The van der Waals surface area contributed by atoms with Gasteiger partial charge in [-0.1, -0.05) is 60.7 Å². The molecule has 0 atom stereocenters. The lowest BCUT2D eigenvalue weighted by atomic mass is 10.1. The van der Waals surface area contributed by atoms with Crippen molar-refractivity contribution in [2.45, 2.75) is 6.54 Å². The fourth-order valence-electron chi connectivity index (χ4n) is 3.16. The molecule has 0 saturated carbocycles. The highest BCUT2D eigenvalue weighted by Gasteiger charge is 2.18. The lowest BCUT2D eigenvalue weighted by Crippen LogP contribution is -2.13. The topological polar surface area (TPSA) is 90.0 Å². The molecular weight excluding hydrogens is 376 g/mol. The summed E-state index contributed by atoms with van der Waals surface area (Å²) < 4.78 is 1.77. The van der Waals surface area contributed by atoms with Gasteiger partial charge in [0.25, 0.3) is 5.91 Å². The van der Waals surface area contributed by atoms with Gasteiger partial charge in [0.05, 0.1) is 12.1 Å². The van der Waals surface area contributed by atoms with E-state index in [2.05, 4.69) is 10.4 Å². The molecule has 0 aliphatic carbocycles. The fourth-order valence-corrected chi connectivity index (χ4v) is 3.16. The zero-order valence-corrected chi connectivity index (χ0v) is 16.2. The Morgan fingerprint density at radius 1 is 0.867 bits per heavy atom. The minimum absolute atomic E-state index is 0.278. The maximum atomic E-state index is 13.0. The predicted molar refractivity (Wildman–Crippen MR) is 116 cm³/mol. The van der Waals surface area contributed by atoms with Gasteiger partial charge in [-0.15, -0.1) is 0 Å². The molecule has 4 rings (SSSR count). The summed E-state index contributed by atoms with van der Waals surface area (Å²) in [5.74, 6) is -0.790. The van der Waals surface area contributed by atoms with Gasteiger partial charge in [0.2, 0.25) is 5.91 Å². The molecule has 6 nitrogen and oxygen atoms in total. The molecule has 0 radical (unpaired) electrons. The summed E-state index contributed by atoms with van der Waals surface area (Å²) in [6.07, 6.45) is 1.75. The second kappa shape index (κ2) is 8.45. The molecule has 2 amide bonds. The molecule has 0 aliphatic rings. The van der Waals surface area contributed by atoms with Crippen LogP contribution < -0.4 is 11.1 Å². The summed E-state index contributed by atoms with van der Waals surface area (Å²) in [6.45, 7) is 0.557. The average molecular weight is 396 g/mol. The smallest absolute Gasteiger partial charge is 0.259 e. The molecule has 0 fully saturated rings. The van der Waals surface area contributed by atoms with Gasteiger partial charge >= 0.3 is 0 Å². The van der Waals surface area contributed by atoms with Crippen molar-refractivity contribution in [1.82, 2.24) is 9.78 Å². The molecule has 0 unspecified atom stereocenters. The molecule has 4 aromatic rings. The number of nitrogens with two attached hydrogens (primary N) is 1. The molecule has 0 bridgehead atoms. The number of carbonyl (C=O) groups is 2. The van der Waals surface area contributed by atoms with Gasteiger partial charge in [0, 0.05) is 23.0 Å². The first-order chi connectivity index (χ1) is 14.6. The number of benzene rings is 3. The van der Waals surface area contributed by atoms with Crippen LogP contribution in [-0.4, -0.2) is 21.6 Å². The SMILES string of the molecule is NC(=O)c1ccc(NC(=O)c2cn(Cc3ccccc3)nc2-c2ccccc2)cc1. The standard InChI is InChI=1S/C24H20N4O2/c25-23(29)19-11-13-20(14-12-19)26-24(30)21-16-28(15-17-7-3-1-4-8-17)27-22(21)18-9-5-2-6-10-18/h1-14,16H,15H2,(H2,25,29)(H,26,30). The van der Waals surface area contributed by atoms with Gasteiger partial charge in [0.15, 0.2) is 0 Å². The third-order valence-electron chi connectivity index (χ3n) is 4.67. The van der Waals surface area contributed by atoms with E-state index in [1.54, 1.807) is 35.1 Å². The second-order valence-electron chi connectivity index (χ2n) is 6.84. The first-order valence-corrected chi connectivity index (χ1v) is 9.48. The third kappa shape index (κ3) is 4.28. The van der Waals surface area contributed by atoms with Crippen molar-refractivity contribution in [2.24, 2.45) is 5.73 Å². The van der Waals surface area contributed by atoms with Gasteiger partial charge in [-0.25, -0.2) is 0 Å². The summed E-state index contributed by atoms with van der Waals surface area (Å²) in [7, 11) is 0. The van der Waals surface area contributed by atoms with Crippen molar-refractivity contribution in [3.8, 4) is 11.3 Å². The molecular formula is C24H20N4O2. The van der Waals surface area contributed by atoms with Crippen LogP contribution in [0.2, 0.25) is 0 Å². The van der Waals surface area contributed by atoms with E-state index in [0.29, 0.717) is 29.1 Å². The lowest BCUT2D eigenvalue weighted by molar-refractivity contribution is 0.0998. The van der Waals surface area contributed by atoms with Crippen LogP contribution >= 0.6 is 0 Å². The van der Waals surface area contributed by atoms with E-state index in [4.69, 9.17) is 5.73 Å². The van der Waals surface area contributed by atoms with Crippen molar-refractivity contribution in [2.75, 3.05) is 5.32 Å². The van der Waals surface area contributed by atoms with Gasteiger partial charge in [-0.05, 0) is 29.8 Å². The highest BCUT2D eigenvalue weighted by atomic mass is 16.2. The Morgan fingerprint density at radius 2 is 1.50 bits per heavy atom. The van der Waals surface area contributed by atoms with Gasteiger partial charge in [0.1, 0.15) is 5.69 Å². The number of hydrogen-bond acceptors (Lipinski definition) is 3. The average Bonchev–Trinajstić information content (AvgIpc) is 3.19. The summed E-state index contributed by atoms with van der Waals surface area (Å²) in [5, 5.41) is 7.54. The Morgan fingerprint density at radius 3 is 2.13 bits per heavy atom. The highest BCUT2D eigenvalue weighted by molar-refractivity contribution is 6.08. The maximum absolute atomic E-state index is 13.0. The number of primary amides is 1. The summed E-state index contributed by atoms with van der Waals surface area (Å²) >= 11 is 0. The third-order valence-corrected chi connectivity index (χ3v) is 4.67. The van der Waals surface area contributed by atoms with E-state index in [0.717, 1.165) is 11.1 Å². The van der Waals surface area contributed by atoms with Crippen molar-refractivity contribution in [3.63, 3.8) is 0 Å².